The number of nitrogens with two attached hydrogens (primary N) is 1. The average Bonchev–Trinajstić information content (AvgIpc) is 3.30. The van der Waals surface area contributed by atoms with Crippen molar-refractivity contribution in [2.45, 2.75) is 56.3 Å². The fourth-order valence-corrected chi connectivity index (χ4v) is 6.51. The van der Waals surface area contributed by atoms with Gasteiger partial charge in [0.1, 0.15) is 48.1 Å². The van der Waals surface area contributed by atoms with Crippen molar-refractivity contribution in [2.24, 2.45) is 5.73 Å². The van der Waals surface area contributed by atoms with Crippen LogP contribution in [0.5, 0.6) is 5.75 Å². The molecule has 0 aliphatic carbocycles. The van der Waals surface area contributed by atoms with Gasteiger partial charge in [0.2, 0.25) is 5.43 Å². The Kier molecular flexibility index (Phi) is 8.14. The summed E-state index contributed by atoms with van der Waals surface area (Å²) in [5.74, 6) is -5.45. The number of hydroxylamine groups is 2. The molecule has 1 spiro atoms. The minimum atomic E-state index is -1.27. The average molecular weight is 631 g/mol. The molecule has 45 heavy (non-hydrogen) atoms. The molecule has 0 saturated carbocycles. The number of pyridine rings is 1. The van der Waals surface area contributed by atoms with Gasteiger partial charge in [0.05, 0.1) is 18.6 Å². The Balaban J connectivity index is 1.47. The molecule has 2 N–H and O–H groups in total. The summed E-state index contributed by atoms with van der Waals surface area (Å²) in [7, 11) is 1.38. The van der Waals surface area contributed by atoms with E-state index >= 15 is 0 Å². The van der Waals surface area contributed by atoms with Gasteiger partial charge in [-0.15, -0.1) is 0 Å². The molecule has 2 bridgehead atoms. The summed E-state index contributed by atoms with van der Waals surface area (Å²) >= 11 is 0. The number of halogens is 4. The summed E-state index contributed by atoms with van der Waals surface area (Å²) in [6.45, 7) is -1.55. The summed E-state index contributed by atoms with van der Waals surface area (Å²) in [5.41, 5.74) is 3.01. The fraction of sp³-hybridized carbons (Fsp3) is 0.387. The highest BCUT2D eigenvalue weighted by atomic mass is 19.1. The van der Waals surface area contributed by atoms with Crippen molar-refractivity contribution in [1.29, 1.82) is 0 Å². The number of alkyl halides is 1. The number of ether oxygens (including phenoxy) is 2. The van der Waals surface area contributed by atoms with Crippen molar-refractivity contribution in [2.75, 3.05) is 20.3 Å². The minimum absolute atomic E-state index is 0.0802. The van der Waals surface area contributed by atoms with E-state index in [1.165, 1.54) is 27.8 Å². The summed E-state index contributed by atoms with van der Waals surface area (Å²) < 4.78 is 70.3. The van der Waals surface area contributed by atoms with Gasteiger partial charge >= 0.3 is 0 Å². The van der Waals surface area contributed by atoms with E-state index in [0.717, 1.165) is 0 Å². The van der Waals surface area contributed by atoms with Crippen LogP contribution in [0.1, 0.15) is 57.3 Å². The molecule has 2 saturated heterocycles. The lowest BCUT2D eigenvalue weighted by Crippen LogP contribution is -2.53. The first-order chi connectivity index (χ1) is 21.6. The van der Waals surface area contributed by atoms with Crippen LogP contribution in [0.3, 0.4) is 0 Å². The van der Waals surface area contributed by atoms with E-state index in [1.54, 1.807) is 30.3 Å². The molecule has 6 rings (SSSR count). The molecule has 238 valence electrons. The number of nitrogens with zero attached hydrogens (tertiary/aromatic N) is 3. The maximum Gasteiger partial charge on any atom is 0.274 e. The molecule has 0 radical (unpaired) electrons. The molecule has 2 amide bonds. The second-order valence-electron chi connectivity index (χ2n) is 11.4. The highest BCUT2D eigenvalue weighted by Crippen LogP contribution is 2.49. The number of carbonyl (C=O) groups is 2. The maximum absolute atomic E-state index is 14.7. The fourth-order valence-electron chi connectivity index (χ4n) is 6.51. The SMILES string of the molecule is COC1C[C@]2(CC[C@H](CF)N3C[C@H]2n2cc(C(N)=O)c(=O)c(OCc4ccccc4)c2C3=O)ON1Cc1c(F)cc(F)cc1F. The lowest BCUT2D eigenvalue weighted by molar-refractivity contribution is -0.253. The van der Waals surface area contributed by atoms with Gasteiger partial charge in [-0.05, 0) is 18.4 Å². The Hall–Kier alpha value is -4.27. The van der Waals surface area contributed by atoms with E-state index < -0.39 is 88.7 Å². The number of amides is 2. The molecule has 10 nitrogen and oxygen atoms in total. The van der Waals surface area contributed by atoms with Crippen molar-refractivity contribution in [3.05, 3.63) is 98.7 Å². The van der Waals surface area contributed by atoms with Crippen molar-refractivity contribution < 1.29 is 41.5 Å². The quantitative estimate of drug-likeness (QED) is 0.378. The normalized spacial score (nSPS) is 24.5. The molecular formula is C31H30F4N4O6. The molecule has 3 aliphatic heterocycles. The highest BCUT2D eigenvalue weighted by Gasteiger charge is 2.57. The van der Waals surface area contributed by atoms with E-state index in [0.29, 0.717) is 17.7 Å². The molecule has 4 heterocycles. The number of benzene rings is 2. The van der Waals surface area contributed by atoms with Gasteiger partial charge in [0.25, 0.3) is 11.8 Å². The van der Waals surface area contributed by atoms with Crippen LogP contribution >= 0.6 is 0 Å². The molecule has 2 fully saturated rings. The summed E-state index contributed by atoms with van der Waals surface area (Å²) in [6, 6.07) is 8.22. The van der Waals surface area contributed by atoms with Gasteiger partial charge in [-0.2, -0.15) is 5.06 Å². The Morgan fingerprint density at radius 3 is 2.49 bits per heavy atom. The van der Waals surface area contributed by atoms with Crippen LogP contribution in [0.25, 0.3) is 0 Å². The molecule has 14 heteroatoms. The predicted octanol–water partition coefficient (Wildman–Crippen LogP) is 3.62. The zero-order valence-electron chi connectivity index (χ0n) is 24.2. The predicted molar refractivity (Wildman–Crippen MR) is 150 cm³/mol. The molecule has 3 aliphatic rings. The van der Waals surface area contributed by atoms with Gasteiger partial charge in [0.15, 0.2) is 11.4 Å². The third kappa shape index (κ3) is 5.36. The van der Waals surface area contributed by atoms with Gasteiger partial charge in [-0.25, -0.2) is 17.6 Å². The molecule has 3 aromatic rings. The lowest BCUT2D eigenvalue weighted by atomic mass is 9.85. The number of fused-ring (bicyclic) bond motifs is 5. The first-order valence-electron chi connectivity index (χ1n) is 14.3. The highest BCUT2D eigenvalue weighted by molar-refractivity contribution is 5.99. The first-order valence-corrected chi connectivity index (χ1v) is 14.3. The molecule has 1 unspecified atom stereocenters. The van der Waals surface area contributed by atoms with Gasteiger partial charge in [-0.3, -0.25) is 19.2 Å². The van der Waals surface area contributed by atoms with Crippen LogP contribution in [-0.2, 0) is 22.7 Å². The van der Waals surface area contributed by atoms with Gasteiger partial charge in [0, 0.05) is 44.0 Å². The van der Waals surface area contributed by atoms with Crippen LogP contribution in [0.15, 0.2) is 53.5 Å². The zero-order chi connectivity index (χ0) is 32.0. The Labute approximate surface area is 254 Å². The van der Waals surface area contributed by atoms with E-state index in [1.807, 2.05) is 0 Å². The van der Waals surface area contributed by atoms with E-state index in [-0.39, 0.29) is 38.1 Å². The monoisotopic (exact) mass is 630 g/mol. The Morgan fingerprint density at radius 2 is 1.84 bits per heavy atom. The van der Waals surface area contributed by atoms with Crippen molar-refractivity contribution in [3.8, 4) is 5.75 Å². The topological polar surface area (TPSA) is 116 Å². The van der Waals surface area contributed by atoms with Crippen LogP contribution < -0.4 is 15.9 Å². The summed E-state index contributed by atoms with van der Waals surface area (Å²) in [4.78, 5) is 47.7. The third-order valence-electron chi connectivity index (χ3n) is 8.81. The Morgan fingerprint density at radius 1 is 1.13 bits per heavy atom. The molecule has 1 aromatic heterocycles. The first kappa shape index (κ1) is 30.7. The number of primary amides is 1. The number of hydrogen-bond donors (Lipinski definition) is 1. The molecule has 4 atom stereocenters. The maximum atomic E-state index is 14.7. The van der Waals surface area contributed by atoms with Gasteiger partial charge < -0.3 is 24.7 Å². The second-order valence-corrected chi connectivity index (χ2v) is 11.4. The Bertz CT molecular complexity index is 1680. The summed E-state index contributed by atoms with van der Waals surface area (Å²) in [6.07, 6.45) is 0.716. The largest absolute Gasteiger partial charge is 0.483 e. The second kappa shape index (κ2) is 11.9. The van der Waals surface area contributed by atoms with Crippen LogP contribution in [0, 0.1) is 17.5 Å². The number of carbonyl (C=O) groups excluding carboxylic acids is 2. The van der Waals surface area contributed by atoms with E-state index in [9.17, 15) is 31.9 Å². The molecular weight excluding hydrogens is 600 g/mol. The number of rotatable bonds is 8. The number of hydrogen-bond acceptors (Lipinski definition) is 7. The zero-order valence-corrected chi connectivity index (χ0v) is 24.2. The standard InChI is InChI=1S/C31H30F4N4O6/c1-43-25-11-31(45-39(25)14-20-22(34)9-18(33)10-23(20)35)8-7-19(12-32)37-15-24(31)38-13-21(29(36)41)27(40)28(26(38)30(37)42)44-16-17-5-3-2-4-6-17/h2-6,9-10,13,19,24-25H,7-8,11-12,14-16H2,1H3,(H2,36,41)/t19-,24-,25?,31+/m1/s1. The lowest BCUT2D eigenvalue weighted by Gasteiger charge is -2.43. The smallest absolute Gasteiger partial charge is 0.274 e. The number of aromatic nitrogens is 1. The van der Waals surface area contributed by atoms with E-state index in [4.69, 9.17) is 20.0 Å². The van der Waals surface area contributed by atoms with Gasteiger partial charge in [-0.1, -0.05) is 30.3 Å². The third-order valence-corrected chi connectivity index (χ3v) is 8.81. The van der Waals surface area contributed by atoms with Crippen LogP contribution in [0.4, 0.5) is 17.6 Å². The minimum Gasteiger partial charge on any atom is -0.483 e. The van der Waals surface area contributed by atoms with Crippen molar-refractivity contribution in [1.82, 2.24) is 14.5 Å². The molecule has 2 aromatic carbocycles. The van der Waals surface area contributed by atoms with Crippen LogP contribution in [-0.4, -0.2) is 64.5 Å². The number of methoxy groups -OCH3 is 1. The summed E-state index contributed by atoms with van der Waals surface area (Å²) in [5, 5.41) is 1.22. The van der Waals surface area contributed by atoms with Crippen molar-refractivity contribution >= 4 is 11.8 Å². The van der Waals surface area contributed by atoms with E-state index in [2.05, 4.69) is 0 Å². The van der Waals surface area contributed by atoms with Crippen LogP contribution in [0.2, 0.25) is 0 Å². The van der Waals surface area contributed by atoms with Crippen molar-refractivity contribution in [3.63, 3.8) is 0 Å².